The van der Waals surface area contributed by atoms with E-state index in [1.165, 1.54) is 5.56 Å². The van der Waals surface area contributed by atoms with E-state index in [0.29, 0.717) is 0 Å². The van der Waals surface area contributed by atoms with Crippen LogP contribution < -0.4 is 0 Å². The first-order chi connectivity index (χ1) is 7.51. The predicted octanol–water partition coefficient (Wildman–Crippen LogP) is 1.89. The number of hydrogen-bond donors (Lipinski definition) is 0. The summed E-state index contributed by atoms with van der Waals surface area (Å²) in [5.41, 5.74) is 2.29. The molecule has 0 N–H and O–H groups in total. The lowest BCUT2D eigenvalue weighted by Gasteiger charge is -2.16. The van der Waals surface area contributed by atoms with Crippen LogP contribution in [0.5, 0.6) is 0 Å². The number of benzene rings is 1. The van der Waals surface area contributed by atoms with Crippen molar-refractivity contribution in [3.63, 3.8) is 0 Å². The highest BCUT2D eigenvalue weighted by Gasteiger charge is 2.21. The lowest BCUT2D eigenvalue weighted by Crippen LogP contribution is -2.12. The summed E-state index contributed by atoms with van der Waals surface area (Å²) in [5.74, 6) is 0. The van der Waals surface area contributed by atoms with Crippen LogP contribution in [-0.4, -0.2) is 13.5 Å². The van der Waals surface area contributed by atoms with Crippen LogP contribution >= 0.6 is 0 Å². The van der Waals surface area contributed by atoms with Crippen molar-refractivity contribution in [2.24, 2.45) is 0 Å². The zero-order valence-electron chi connectivity index (χ0n) is 9.19. The Balaban J connectivity index is 2.49. The SMILES string of the molecule is CC(=O)S(=O)(=O)c1ccc2c(c1)CCCC2. The Morgan fingerprint density at radius 2 is 1.75 bits per heavy atom. The molecule has 1 aromatic rings. The largest absolute Gasteiger partial charge is 0.282 e. The van der Waals surface area contributed by atoms with E-state index in [9.17, 15) is 13.2 Å². The maximum Gasteiger partial charge on any atom is 0.248 e. The fourth-order valence-corrected chi connectivity index (χ4v) is 2.92. The van der Waals surface area contributed by atoms with Crippen LogP contribution in [0.15, 0.2) is 23.1 Å². The summed E-state index contributed by atoms with van der Waals surface area (Å²) >= 11 is 0. The fraction of sp³-hybridized carbons (Fsp3) is 0.417. The van der Waals surface area contributed by atoms with Gasteiger partial charge in [0.2, 0.25) is 15.0 Å². The van der Waals surface area contributed by atoms with Crippen LogP contribution in [0, 0.1) is 0 Å². The topological polar surface area (TPSA) is 51.2 Å². The Morgan fingerprint density at radius 3 is 2.38 bits per heavy atom. The molecule has 16 heavy (non-hydrogen) atoms. The molecule has 4 heteroatoms. The molecule has 0 fully saturated rings. The van der Waals surface area contributed by atoms with Gasteiger partial charge in [-0.05, 0) is 48.9 Å². The average Bonchev–Trinajstić information content (AvgIpc) is 2.28. The zero-order chi connectivity index (χ0) is 11.8. The molecule has 0 aromatic heterocycles. The van der Waals surface area contributed by atoms with Gasteiger partial charge in [0, 0.05) is 6.92 Å². The van der Waals surface area contributed by atoms with Gasteiger partial charge in [-0.25, -0.2) is 8.42 Å². The summed E-state index contributed by atoms with van der Waals surface area (Å²) in [6.45, 7) is 1.09. The monoisotopic (exact) mass is 238 g/mol. The Labute approximate surface area is 95.4 Å². The van der Waals surface area contributed by atoms with E-state index in [2.05, 4.69) is 0 Å². The third kappa shape index (κ3) is 1.89. The summed E-state index contributed by atoms with van der Waals surface area (Å²) in [4.78, 5) is 11.2. The highest BCUT2D eigenvalue weighted by molar-refractivity contribution is 8.06. The van der Waals surface area contributed by atoms with Crippen molar-refractivity contribution in [2.45, 2.75) is 37.5 Å². The van der Waals surface area contributed by atoms with Crippen molar-refractivity contribution < 1.29 is 13.2 Å². The molecule has 0 saturated carbocycles. The van der Waals surface area contributed by atoms with Crippen molar-refractivity contribution in [1.29, 1.82) is 0 Å². The number of carbonyl (C=O) groups excluding carboxylic acids is 1. The molecule has 0 aliphatic heterocycles. The Bertz CT molecular complexity index is 529. The van der Waals surface area contributed by atoms with Gasteiger partial charge in [-0.2, -0.15) is 0 Å². The summed E-state index contributed by atoms with van der Waals surface area (Å²) in [7, 11) is -3.75. The molecular formula is C12H14O3S. The Hall–Kier alpha value is -1.16. The first-order valence-electron chi connectivity index (χ1n) is 5.39. The van der Waals surface area contributed by atoms with Gasteiger partial charge in [0.25, 0.3) is 0 Å². The van der Waals surface area contributed by atoms with E-state index < -0.39 is 15.0 Å². The molecule has 1 aliphatic carbocycles. The standard InChI is InChI=1S/C12H14O3S/c1-9(13)16(14,15)12-7-6-10-4-2-3-5-11(10)8-12/h6-8H,2-5H2,1H3. The van der Waals surface area contributed by atoms with Crippen molar-refractivity contribution in [2.75, 3.05) is 0 Å². The van der Waals surface area contributed by atoms with E-state index >= 15 is 0 Å². The highest BCUT2D eigenvalue weighted by Crippen LogP contribution is 2.24. The number of fused-ring (bicyclic) bond motifs is 1. The van der Waals surface area contributed by atoms with Crippen LogP contribution in [0.25, 0.3) is 0 Å². The molecule has 0 radical (unpaired) electrons. The van der Waals surface area contributed by atoms with E-state index in [4.69, 9.17) is 0 Å². The molecule has 2 rings (SSSR count). The minimum Gasteiger partial charge on any atom is -0.282 e. The van der Waals surface area contributed by atoms with Crippen molar-refractivity contribution >= 4 is 15.0 Å². The second-order valence-corrected chi connectivity index (χ2v) is 6.19. The molecule has 0 bridgehead atoms. The molecule has 1 aliphatic rings. The van der Waals surface area contributed by atoms with Gasteiger partial charge in [0.05, 0.1) is 4.90 Å². The van der Waals surface area contributed by atoms with Crippen LogP contribution in [-0.2, 0) is 27.5 Å². The van der Waals surface area contributed by atoms with Gasteiger partial charge in [-0.3, -0.25) is 4.79 Å². The van der Waals surface area contributed by atoms with Gasteiger partial charge in [-0.1, -0.05) is 6.07 Å². The van der Waals surface area contributed by atoms with Crippen LogP contribution in [0.4, 0.5) is 0 Å². The number of rotatable bonds is 1. The van der Waals surface area contributed by atoms with Gasteiger partial charge in [-0.15, -0.1) is 0 Å². The Morgan fingerprint density at radius 1 is 1.12 bits per heavy atom. The minimum atomic E-state index is -3.75. The summed E-state index contributed by atoms with van der Waals surface area (Å²) in [5, 5.41) is -0.789. The third-order valence-electron chi connectivity index (χ3n) is 3.01. The first kappa shape index (κ1) is 11.3. The minimum absolute atomic E-state index is 0.139. The molecule has 0 spiro atoms. The Kier molecular flexibility index (Phi) is 2.84. The van der Waals surface area contributed by atoms with E-state index in [1.54, 1.807) is 12.1 Å². The molecule has 86 valence electrons. The maximum atomic E-state index is 11.7. The smallest absolute Gasteiger partial charge is 0.248 e. The third-order valence-corrected chi connectivity index (χ3v) is 4.64. The van der Waals surface area contributed by atoms with E-state index in [0.717, 1.165) is 38.2 Å². The van der Waals surface area contributed by atoms with E-state index in [-0.39, 0.29) is 4.90 Å². The number of sulfone groups is 1. The van der Waals surface area contributed by atoms with Crippen LogP contribution in [0.3, 0.4) is 0 Å². The molecule has 3 nitrogen and oxygen atoms in total. The van der Waals surface area contributed by atoms with E-state index in [1.807, 2.05) is 6.07 Å². The van der Waals surface area contributed by atoms with Crippen molar-refractivity contribution in [3.8, 4) is 0 Å². The normalized spacial score (nSPS) is 15.6. The van der Waals surface area contributed by atoms with Gasteiger partial charge in [0.15, 0.2) is 0 Å². The van der Waals surface area contributed by atoms with Gasteiger partial charge >= 0.3 is 0 Å². The van der Waals surface area contributed by atoms with Gasteiger partial charge in [0.1, 0.15) is 0 Å². The second-order valence-electron chi connectivity index (χ2n) is 4.13. The van der Waals surface area contributed by atoms with Crippen LogP contribution in [0.1, 0.15) is 30.9 Å². The molecule has 1 aromatic carbocycles. The second kappa shape index (κ2) is 4.01. The van der Waals surface area contributed by atoms with Crippen LogP contribution in [0.2, 0.25) is 0 Å². The number of aryl methyl sites for hydroxylation is 2. The van der Waals surface area contributed by atoms with Crippen molar-refractivity contribution in [3.05, 3.63) is 29.3 Å². The molecular weight excluding hydrogens is 224 g/mol. The molecule has 0 heterocycles. The number of hydrogen-bond acceptors (Lipinski definition) is 3. The van der Waals surface area contributed by atoms with Gasteiger partial charge < -0.3 is 0 Å². The van der Waals surface area contributed by atoms with Crippen molar-refractivity contribution in [1.82, 2.24) is 0 Å². The predicted molar refractivity (Wildman–Crippen MR) is 61.0 cm³/mol. The lowest BCUT2D eigenvalue weighted by molar-refractivity contribution is -0.109. The molecule has 0 atom stereocenters. The quantitative estimate of drug-likeness (QED) is 0.750. The maximum absolute atomic E-state index is 11.7. The zero-order valence-corrected chi connectivity index (χ0v) is 10.0. The molecule has 0 saturated heterocycles. The average molecular weight is 238 g/mol. The summed E-state index contributed by atoms with van der Waals surface area (Å²) in [6, 6.07) is 5.04. The molecule has 0 amide bonds. The fourth-order valence-electron chi connectivity index (χ4n) is 2.04. The summed E-state index contributed by atoms with van der Waals surface area (Å²) in [6.07, 6.45) is 4.18. The first-order valence-corrected chi connectivity index (χ1v) is 6.87. The lowest BCUT2D eigenvalue weighted by atomic mass is 9.92. The number of carbonyl (C=O) groups is 1. The molecule has 0 unspecified atom stereocenters. The summed E-state index contributed by atoms with van der Waals surface area (Å²) < 4.78 is 23.3. The highest BCUT2D eigenvalue weighted by atomic mass is 32.2.